The highest BCUT2D eigenvalue weighted by atomic mass is 16.5. The van der Waals surface area contributed by atoms with E-state index in [4.69, 9.17) is 9.15 Å². The van der Waals surface area contributed by atoms with Gasteiger partial charge in [0.05, 0.1) is 11.9 Å². The van der Waals surface area contributed by atoms with Gasteiger partial charge in [-0.1, -0.05) is 6.92 Å². The maximum absolute atomic E-state index is 5.95. The van der Waals surface area contributed by atoms with Crippen LogP contribution in [0, 0.1) is 0 Å². The third kappa shape index (κ3) is 3.58. The van der Waals surface area contributed by atoms with E-state index in [-0.39, 0.29) is 5.60 Å². The number of hydrogen-bond acceptors (Lipinski definition) is 3. The smallest absolute Gasteiger partial charge is 0.106 e. The van der Waals surface area contributed by atoms with Gasteiger partial charge in [-0.2, -0.15) is 0 Å². The standard InChI is InChI=1S/C14H23NO2/c1-3-7-15-12-6-9-17-14(2,10-12)11-13-5-4-8-16-13/h4-5,8,12,15H,3,6-7,9-11H2,1-2H3. The van der Waals surface area contributed by atoms with Crippen molar-refractivity contribution in [3.05, 3.63) is 24.2 Å². The van der Waals surface area contributed by atoms with Crippen LogP contribution < -0.4 is 5.32 Å². The van der Waals surface area contributed by atoms with E-state index < -0.39 is 0 Å². The molecule has 96 valence electrons. The zero-order chi connectivity index (χ0) is 12.1. The molecule has 3 nitrogen and oxygen atoms in total. The second kappa shape index (κ2) is 5.69. The number of hydrogen-bond donors (Lipinski definition) is 1. The Morgan fingerprint density at radius 1 is 1.53 bits per heavy atom. The van der Waals surface area contributed by atoms with Gasteiger partial charge in [0, 0.05) is 19.1 Å². The summed E-state index contributed by atoms with van der Waals surface area (Å²) < 4.78 is 11.4. The van der Waals surface area contributed by atoms with Gasteiger partial charge in [-0.15, -0.1) is 0 Å². The first-order valence-electron chi connectivity index (χ1n) is 6.61. The molecule has 1 N–H and O–H groups in total. The topological polar surface area (TPSA) is 34.4 Å². The summed E-state index contributed by atoms with van der Waals surface area (Å²) in [5.74, 6) is 1.02. The van der Waals surface area contributed by atoms with Gasteiger partial charge in [0.2, 0.25) is 0 Å². The quantitative estimate of drug-likeness (QED) is 0.855. The van der Waals surface area contributed by atoms with E-state index in [1.165, 1.54) is 6.42 Å². The summed E-state index contributed by atoms with van der Waals surface area (Å²) in [5.41, 5.74) is -0.0818. The van der Waals surface area contributed by atoms with Crippen molar-refractivity contribution in [2.75, 3.05) is 13.2 Å². The molecule has 2 rings (SSSR count). The highest BCUT2D eigenvalue weighted by Gasteiger charge is 2.33. The maximum atomic E-state index is 5.95. The van der Waals surface area contributed by atoms with E-state index in [0.29, 0.717) is 6.04 Å². The summed E-state index contributed by atoms with van der Waals surface area (Å²) in [5, 5.41) is 3.60. The van der Waals surface area contributed by atoms with Crippen LogP contribution >= 0.6 is 0 Å². The van der Waals surface area contributed by atoms with E-state index in [0.717, 1.165) is 38.2 Å². The summed E-state index contributed by atoms with van der Waals surface area (Å²) in [6.07, 6.45) is 5.96. The zero-order valence-electron chi connectivity index (χ0n) is 10.9. The van der Waals surface area contributed by atoms with Crippen molar-refractivity contribution in [3.63, 3.8) is 0 Å². The molecule has 2 atom stereocenters. The molecule has 1 aromatic heterocycles. The first-order valence-corrected chi connectivity index (χ1v) is 6.61. The minimum Gasteiger partial charge on any atom is -0.469 e. The van der Waals surface area contributed by atoms with Crippen molar-refractivity contribution < 1.29 is 9.15 Å². The van der Waals surface area contributed by atoms with Crippen LogP contribution in [-0.4, -0.2) is 24.8 Å². The van der Waals surface area contributed by atoms with Gasteiger partial charge < -0.3 is 14.5 Å². The summed E-state index contributed by atoms with van der Waals surface area (Å²) in [4.78, 5) is 0. The Morgan fingerprint density at radius 3 is 3.12 bits per heavy atom. The van der Waals surface area contributed by atoms with E-state index in [1.54, 1.807) is 6.26 Å². The minimum atomic E-state index is -0.0818. The summed E-state index contributed by atoms with van der Waals surface area (Å²) >= 11 is 0. The monoisotopic (exact) mass is 237 g/mol. The Kier molecular flexibility index (Phi) is 4.24. The van der Waals surface area contributed by atoms with Gasteiger partial charge in [-0.25, -0.2) is 0 Å². The predicted molar refractivity (Wildman–Crippen MR) is 68.1 cm³/mol. The van der Waals surface area contributed by atoms with Crippen LogP contribution in [0.2, 0.25) is 0 Å². The number of furan rings is 1. The minimum absolute atomic E-state index is 0.0818. The van der Waals surface area contributed by atoms with E-state index in [9.17, 15) is 0 Å². The molecular formula is C14H23NO2. The maximum Gasteiger partial charge on any atom is 0.106 e. The molecule has 1 aliphatic heterocycles. The highest BCUT2D eigenvalue weighted by Crippen LogP contribution is 2.28. The molecule has 1 saturated heterocycles. The Morgan fingerprint density at radius 2 is 2.41 bits per heavy atom. The summed E-state index contributed by atoms with van der Waals surface area (Å²) in [7, 11) is 0. The van der Waals surface area contributed by atoms with Crippen LogP contribution in [0.25, 0.3) is 0 Å². The van der Waals surface area contributed by atoms with Crippen LogP contribution in [0.4, 0.5) is 0 Å². The van der Waals surface area contributed by atoms with Crippen LogP contribution in [0.15, 0.2) is 22.8 Å². The molecular weight excluding hydrogens is 214 g/mol. The molecule has 0 saturated carbocycles. The average Bonchev–Trinajstić information content (AvgIpc) is 2.78. The first kappa shape index (κ1) is 12.7. The highest BCUT2D eigenvalue weighted by molar-refractivity contribution is 5.04. The lowest BCUT2D eigenvalue weighted by Crippen LogP contribution is -2.46. The fourth-order valence-electron chi connectivity index (χ4n) is 2.56. The van der Waals surface area contributed by atoms with E-state index in [2.05, 4.69) is 19.2 Å². The molecule has 2 unspecified atom stereocenters. The van der Waals surface area contributed by atoms with Crippen molar-refractivity contribution in [1.29, 1.82) is 0 Å². The number of ether oxygens (including phenoxy) is 1. The molecule has 2 heterocycles. The lowest BCUT2D eigenvalue weighted by Gasteiger charge is -2.38. The van der Waals surface area contributed by atoms with Crippen molar-refractivity contribution >= 4 is 0 Å². The average molecular weight is 237 g/mol. The summed E-state index contributed by atoms with van der Waals surface area (Å²) in [6.45, 7) is 6.34. The second-order valence-electron chi connectivity index (χ2n) is 5.20. The van der Waals surface area contributed by atoms with Gasteiger partial charge in [0.25, 0.3) is 0 Å². The molecule has 0 bridgehead atoms. The molecule has 1 aromatic rings. The third-order valence-electron chi connectivity index (χ3n) is 3.41. The zero-order valence-corrected chi connectivity index (χ0v) is 10.9. The normalized spacial score (nSPS) is 29.4. The molecule has 1 aliphatic rings. The SMILES string of the molecule is CCCNC1CCOC(C)(Cc2ccco2)C1. The predicted octanol–water partition coefficient (Wildman–Crippen LogP) is 2.76. The lowest BCUT2D eigenvalue weighted by atomic mass is 9.88. The van der Waals surface area contributed by atoms with Gasteiger partial charge in [-0.05, 0) is 44.9 Å². The molecule has 0 spiro atoms. The fourth-order valence-corrected chi connectivity index (χ4v) is 2.56. The van der Waals surface area contributed by atoms with Crippen molar-refractivity contribution in [3.8, 4) is 0 Å². The van der Waals surface area contributed by atoms with E-state index in [1.807, 2.05) is 12.1 Å². The van der Waals surface area contributed by atoms with Gasteiger partial charge >= 0.3 is 0 Å². The Balaban J connectivity index is 1.90. The van der Waals surface area contributed by atoms with Crippen molar-refractivity contribution in [1.82, 2.24) is 5.32 Å². The molecule has 0 aromatic carbocycles. The van der Waals surface area contributed by atoms with Crippen LogP contribution in [0.5, 0.6) is 0 Å². The molecule has 0 amide bonds. The summed E-state index contributed by atoms with van der Waals surface area (Å²) in [6, 6.07) is 4.55. The Bertz CT molecular complexity index is 323. The van der Waals surface area contributed by atoms with Crippen LogP contribution in [-0.2, 0) is 11.2 Å². The first-order chi connectivity index (χ1) is 8.22. The fraction of sp³-hybridized carbons (Fsp3) is 0.714. The molecule has 0 aliphatic carbocycles. The Hall–Kier alpha value is -0.800. The number of nitrogens with one attached hydrogen (secondary N) is 1. The van der Waals surface area contributed by atoms with Gasteiger partial charge in [0.15, 0.2) is 0 Å². The lowest BCUT2D eigenvalue weighted by molar-refractivity contribution is -0.0776. The third-order valence-corrected chi connectivity index (χ3v) is 3.41. The molecule has 1 fully saturated rings. The van der Waals surface area contributed by atoms with E-state index >= 15 is 0 Å². The molecule has 17 heavy (non-hydrogen) atoms. The number of rotatable bonds is 5. The molecule has 3 heteroatoms. The largest absolute Gasteiger partial charge is 0.469 e. The van der Waals surface area contributed by atoms with Crippen molar-refractivity contribution in [2.45, 2.75) is 51.2 Å². The van der Waals surface area contributed by atoms with Crippen LogP contribution in [0.3, 0.4) is 0 Å². The van der Waals surface area contributed by atoms with Gasteiger partial charge in [0.1, 0.15) is 5.76 Å². The second-order valence-corrected chi connectivity index (χ2v) is 5.20. The van der Waals surface area contributed by atoms with Crippen LogP contribution in [0.1, 0.15) is 38.9 Å². The van der Waals surface area contributed by atoms with Gasteiger partial charge in [-0.3, -0.25) is 0 Å². The Labute approximate surface area is 104 Å². The molecule has 0 radical (unpaired) electrons. The van der Waals surface area contributed by atoms with Crippen molar-refractivity contribution in [2.24, 2.45) is 0 Å².